The maximum absolute atomic E-state index is 14.2. The predicted octanol–water partition coefficient (Wildman–Crippen LogP) is 22.0. The summed E-state index contributed by atoms with van der Waals surface area (Å²) < 4.78 is 96.9. The molecule has 4 aliphatic rings. The number of anilines is 4. The van der Waals surface area contributed by atoms with Crippen LogP contribution in [-0.2, 0) is 111 Å². The van der Waals surface area contributed by atoms with Crippen molar-refractivity contribution >= 4 is 118 Å². The zero-order chi connectivity index (χ0) is 99.6. The number of halogens is 8. The number of carbonyl (C=O) groups excluding carboxylic acids is 4. The fraction of sp³-hybridized carbons (Fsp3) is 0.130. The van der Waals surface area contributed by atoms with E-state index in [-0.39, 0.29) is 62.6 Å². The van der Waals surface area contributed by atoms with Crippen molar-refractivity contribution in [1.82, 2.24) is 39.9 Å². The molecule has 8 N–H and O–H groups in total. The second-order valence-electron chi connectivity index (χ2n) is 34.0. The van der Waals surface area contributed by atoms with E-state index in [0.717, 1.165) is 177 Å². The summed E-state index contributed by atoms with van der Waals surface area (Å²) in [5, 5.41) is 49.2. The number of hydrogen-bond donors (Lipinski definition) is 8. The maximum atomic E-state index is 14.2. The number of rotatable bonds is 23. The van der Waals surface area contributed by atoms with Crippen LogP contribution in [0.4, 0.5) is 54.0 Å². The third kappa shape index (κ3) is 24.1. The monoisotopic (exact) mass is 2030 g/mol. The quantitative estimate of drug-likeness (QED) is 0.0128. The van der Waals surface area contributed by atoms with Gasteiger partial charge in [-0.1, -0.05) is 255 Å². The lowest BCUT2D eigenvalue weighted by atomic mass is 9.90. The number of amides is 4. The van der Waals surface area contributed by atoms with Crippen LogP contribution < -0.4 is 21.3 Å². The third-order valence-corrected chi connectivity index (χ3v) is 24.9. The largest absolute Gasteiger partial charge is 0.392 e. The average molecular weight is 2030 g/mol. The van der Waals surface area contributed by atoms with Gasteiger partial charge in [-0.3, -0.25) is 19.2 Å². The van der Waals surface area contributed by atoms with E-state index < -0.39 is 64.5 Å². The highest BCUT2D eigenvalue weighted by Gasteiger charge is 2.31. The van der Waals surface area contributed by atoms with E-state index in [0.29, 0.717) is 76.3 Å². The normalized spacial score (nSPS) is 12.3. The van der Waals surface area contributed by atoms with Gasteiger partial charge in [-0.2, -0.15) is 0 Å². The van der Waals surface area contributed by atoms with E-state index in [1.807, 2.05) is 261 Å². The highest BCUT2D eigenvalue weighted by molar-refractivity contribution is 14.1. The van der Waals surface area contributed by atoms with Crippen LogP contribution in [0, 0.1) is 44.3 Å². The zero-order valence-corrected chi connectivity index (χ0v) is 78.8. The minimum absolute atomic E-state index is 0.0152. The Bertz CT molecular complexity index is 7590. The second kappa shape index (κ2) is 45.9. The summed E-state index contributed by atoms with van der Waals surface area (Å²) in [7, 11) is 0. The fourth-order valence-corrected chi connectivity index (χ4v) is 17.3. The molecular weight excluding hydrogens is 1940 g/mol. The van der Waals surface area contributed by atoms with Gasteiger partial charge in [-0.05, 0) is 213 Å². The van der Waals surface area contributed by atoms with Gasteiger partial charge in [0.1, 0.15) is 22.8 Å². The molecule has 20 rings (SSSR count). The third-order valence-electron chi connectivity index (χ3n) is 24.2. The molecule has 16 aromatic rings. The van der Waals surface area contributed by atoms with E-state index in [4.69, 9.17) is 34.9 Å². The minimum atomic E-state index is -2.30. The van der Waals surface area contributed by atoms with E-state index in [1.54, 1.807) is 36.4 Å². The molecule has 0 bridgehead atoms. The van der Waals surface area contributed by atoms with Crippen LogP contribution in [0.15, 0.2) is 267 Å². The Hall–Kier alpha value is -16.1. The van der Waals surface area contributed by atoms with Crippen LogP contribution in [0.1, 0.15) is 139 Å². The first kappa shape index (κ1) is 98.5. The molecule has 4 heterocycles. The average Bonchev–Trinajstić information content (AvgIpc) is 0.788. The first-order chi connectivity index (χ1) is 69.5. The van der Waals surface area contributed by atoms with Gasteiger partial charge in [-0.15, -0.1) is 0 Å². The van der Waals surface area contributed by atoms with Crippen LogP contribution in [0.3, 0.4) is 0 Å². The lowest BCUT2D eigenvalue weighted by Gasteiger charge is -2.21. The molecule has 4 amide bonds. The molecule has 0 radical (unpaired) electrons. The molecule has 20 nitrogen and oxygen atoms in total. The highest BCUT2D eigenvalue weighted by atomic mass is 127. The Balaban J connectivity index is 0.000000131. The van der Waals surface area contributed by atoms with Crippen LogP contribution >= 0.6 is 22.6 Å². The van der Waals surface area contributed by atoms with Gasteiger partial charge >= 0.3 is 0 Å². The number of carbonyl (C=O) groups is 4. The smallest absolute Gasteiger partial charge is 0.256 e. The van der Waals surface area contributed by atoms with Crippen LogP contribution in [0.5, 0.6) is 0 Å². The topological polar surface area (TPSA) is 300 Å². The first-order valence-corrected chi connectivity index (χ1v) is 47.1. The summed E-state index contributed by atoms with van der Waals surface area (Å²) in [6, 6.07) is 82.4. The summed E-state index contributed by atoms with van der Waals surface area (Å²) in [5.41, 5.74) is 24.0. The highest BCUT2D eigenvalue weighted by Crippen LogP contribution is 2.40. The fourth-order valence-electron chi connectivity index (χ4n) is 16.9. The van der Waals surface area contributed by atoms with Crippen molar-refractivity contribution in [1.29, 1.82) is 0 Å². The van der Waals surface area contributed by atoms with E-state index in [1.165, 1.54) is 6.07 Å². The molecule has 0 saturated carbocycles. The SMILES string of the molecule is O=C(Cc1c(F)c(F)c(F)c(F)c1F)Nc1nc2c(nc1/C=C/c1ccccc1)-c1ccc(CO)cc1CC2.O=C(Cc1ccc(F)c(F)c1)Nc1nc2c(nc1/C=C/c1ccccc1)-c1ccc(CO)cc1CC2.O=C(Cc1ccc(I)cc1)Nc1nc2c(nc1/C=C/c1ccccc1)-c1ccc(CO)cc1CC2.O=C(Nc1nc2c(nc1/C=C/c1ccccc1)-c1ccc(CO)cc1CC2)c1ccccc1. The van der Waals surface area contributed by atoms with Crippen molar-refractivity contribution in [2.75, 3.05) is 21.3 Å². The number of benzene rings is 12. The van der Waals surface area contributed by atoms with Crippen molar-refractivity contribution < 1.29 is 70.3 Å². The summed E-state index contributed by atoms with van der Waals surface area (Å²) in [6.07, 6.45) is 19.3. The van der Waals surface area contributed by atoms with Gasteiger partial charge in [-0.25, -0.2) is 70.6 Å². The number of aryl methyl sites for hydroxylation is 8. The van der Waals surface area contributed by atoms with Crippen molar-refractivity contribution in [3.8, 4) is 45.0 Å². The Labute approximate surface area is 832 Å². The minimum Gasteiger partial charge on any atom is -0.392 e. The van der Waals surface area contributed by atoms with Gasteiger partial charge in [0.2, 0.25) is 23.5 Å². The predicted molar refractivity (Wildman–Crippen MR) is 548 cm³/mol. The molecule has 0 aliphatic heterocycles. The summed E-state index contributed by atoms with van der Waals surface area (Å²) in [4.78, 5) is 89.8. The summed E-state index contributed by atoms with van der Waals surface area (Å²) >= 11 is 2.25. The number of nitrogens with one attached hydrogen (secondary N) is 4. The van der Waals surface area contributed by atoms with E-state index >= 15 is 0 Å². The standard InChI is InChI=1S/C29H20F5N3O2.C29H23F2N3O2.C29H24IN3O2.C28H23N3O2/c30-23-19(24(31)26(33)27(34)25(23)32)13-22(39)37-29-21(10-7-15-4-2-1-3-5-15)35-28-18-9-6-16(14-38)12-17(18)8-11-20(28)36-29;30-23-11-7-19(15-24(23)31)16-27(36)34-29-26(12-8-18-4-2-1-3-5-18)32-28-22-10-6-20(17-35)14-21(22)9-13-25(28)33-29;30-23-11-6-20(7-12-23)17-27(35)33-29-26(14-9-19-4-2-1-3-5-19)31-28-24-13-8-21(18-34)16-22(24)10-15-25(28)32-29;32-18-20-11-14-23-22(17-20)13-16-24-26(23)29-25(15-12-19-7-3-1-4-8-19)27(30-24)31-28(33)21-9-5-2-6-10-21/h1-7,9-10,12,38H,8,11,13-14H2,(H,36,37,39);1-8,10-12,14-15,35H,9,13,16-17H2,(H,33,34,36);1-9,11-14,16,34H,10,15,17-18H2,(H,32,33,35);1-12,14-15,17,32H,13,16,18H2,(H,30,31,33)/b10-7+;12-8+;14-9+;15-12+. The molecule has 4 aromatic heterocycles. The Morgan fingerprint density at radius 1 is 0.280 bits per heavy atom. The van der Waals surface area contributed by atoms with Crippen molar-refractivity contribution in [2.24, 2.45) is 0 Å². The summed E-state index contributed by atoms with van der Waals surface area (Å²) in [6.45, 7) is -0.103. The number of fused-ring (bicyclic) bond motifs is 12. The molecule has 0 atom stereocenters. The number of aliphatic hydroxyl groups is 4. The molecular formula is C115H90F7IN12O8. The molecule has 4 aliphatic carbocycles. The van der Waals surface area contributed by atoms with E-state index in [9.17, 15) is 70.3 Å². The van der Waals surface area contributed by atoms with Crippen LogP contribution in [0.25, 0.3) is 93.6 Å². The maximum Gasteiger partial charge on any atom is 0.256 e. The molecule has 0 unspecified atom stereocenters. The molecule has 0 fully saturated rings. The first-order valence-electron chi connectivity index (χ1n) is 46.0. The second-order valence-corrected chi connectivity index (χ2v) is 35.2. The lowest BCUT2D eigenvalue weighted by molar-refractivity contribution is -0.116. The molecule has 0 spiro atoms. The van der Waals surface area contributed by atoms with Crippen molar-refractivity contribution in [3.63, 3.8) is 0 Å². The molecule has 12 aromatic carbocycles. The Morgan fingerprint density at radius 3 is 0.874 bits per heavy atom. The summed E-state index contributed by atoms with van der Waals surface area (Å²) in [5.74, 6) is -13.2. The number of aliphatic hydroxyl groups excluding tert-OH is 4. The Morgan fingerprint density at radius 2 is 0.559 bits per heavy atom. The van der Waals surface area contributed by atoms with Gasteiger partial charge in [0, 0.05) is 37.0 Å². The van der Waals surface area contributed by atoms with Crippen LogP contribution in [0.2, 0.25) is 0 Å². The van der Waals surface area contributed by atoms with Gasteiger partial charge in [0.25, 0.3) is 5.91 Å². The van der Waals surface area contributed by atoms with Gasteiger partial charge < -0.3 is 41.7 Å². The van der Waals surface area contributed by atoms with Gasteiger partial charge in [0.05, 0.1) is 91.2 Å². The number of hydrogen-bond acceptors (Lipinski definition) is 16. The van der Waals surface area contributed by atoms with Crippen molar-refractivity contribution in [2.45, 2.75) is 97.1 Å². The molecule has 28 heteroatoms. The number of aromatic nitrogens is 8. The van der Waals surface area contributed by atoms with E-state index in [2.05, 4.69) is 48.8 Å². The molecule has 714 valence electrons. The molecule has 0 saturated heterocycles. The number of nitrogens with zero attached hydrogens (tertiary/aromatic N) is 8. The van der Waals surface area contributed by atoms with Gasteiger partial charge in [0.15, 0.2) is 58.2 Å². The zero-order valence-electron chi connectivity index (χ0n) is 76.7. The lowest BCUT2D eigenvalue weighted by Crippen LogP contribution is -2.21. The van der Waals surface area contributed by atoms with Crippen LogP contribution in [-0.4, -0.2) is 83.9 Å². The van der Waals surface area contributed by atoms with Crippen molar-refractivity contribution in [3.05, 3.63) is 446 Å². The Kier molecular flexibility index (Phi) is 31.6. The molecule has 143 heavy (non-hydrogen) atoms.